The van der Waals surface area contributed by atoms with Crippen molar-refractivity contribution in [2.24, 2.45) is 4.99 Å². The molecule has 1 aliphatic rings. The van der Waals surface area contributed by atoms with E-state index in [1.807, 2.05) is 13.8 Å². The number of hydrogen-bond donors (Lipinski definition) is 2. The van der Waals surface area contributed by atoms with Gasteiger partial charge in [-0.2, -0.15) is 0 Å². The molecule has 2 atom stereocenters. The number of carbonyl (C=O) groups is 1. The highest BCUT2D eigenvalue weighted by Gasteiger charge is 2.28. The van der Waals surface area contributed by atoms with Crippen LogP contribution in [0.2, 0.25) is 0 Å². The molecule has 1 amide bonds. The van der Waals surface area contributed by atoms with Gasteiger partial charge in [0, 0.05) is 26.2 Å². The van der Waals surface area contributed by atoms with Crippen LogP contribution in [0.3, 0.4) is 0 Å². The van der Waals surface area contributed by atoms with E-state index in [2.05, 4.69) is 15.6 Å². The Labute approximate surface area is 127 Å². The third-order valence-corrected chi connectivity index (χ3v) is 5.21. The average Bonchev–Trinajstić information content (AvgIpc) is 2.74. The Bertz CT molecular complexity index is 488. The highest BCUT2D eigenvalue weighted by Crippen LogP contribution is 2.11. The number of nitrogens with one attached hydrogen (secondary N) is 2. The Morgan fingerprint density at radius 3 is 2.57 bits per heavy atom. The van der Waals surface area contributed by atoms with E-state index in [0.717, 1.165) is 6.42 Å². The molecule has 1 heterocycles. The molecule has 2 unspecified atom stereocenters. The van der Waals surface area contributed by atoms with Crippen LogP contribution in [0.1, 0.15) is 26.7 Å². The number of sulfone groups is 1. The Kier molecular flexibility index (Phi) is 6.44. The maximum atomic E-state index is 11.6. The lowest BCUT2D eigenvalue weighted by Gasteiger charge is -2.20. The van der Waals surface area contributed by atoms with Crippen LogP contribution in [0.25, 0.3) is 0 Å². The van der Waals surface area contributed by atoms with Gasteiger partial charge in [0.1, 0.15) is 6.54 Å². The Balaban J connectivity index is 2.68. The second-order valence-electron chi connectivity index (χ2n) is 5.65. The molecule has 7 nitrogen and oxygen atoms in total. The van der Waals surface area contributed by atoms with Crippen molar-refractivity contribution >= 4 is 21.7 Å². The quantitative estimate of drug-likeness (QED) is 0.531. The van der Waals surface area contributed by atoms with E-state index in [1.165, 1.54) is 4.90 Å². The van der Waals surface area contributed by atoms with Crippen molar-refractivity contribution in [1.82, 2.24) is 15.5 Å². The fourth-order valence-corrected chi connectivity index (χ4v) is 3.53. The summed E-state index contributed by atoms with van der Waals surface area (Å²) in [6.45, 7) is 4.09. The number of carbonyl (C=O) groups excluding carboxylic acids is 1. The van der Waals surface area contributed by atoms with E-state index in [4.69, 9.17) is 0 Å². The highest BCUT2D eigenvalue weighted by molar-refractivity contribution is 7.91. The first-order chi connectivity index (χ1) is 9.73. The van der Waals surface area contributed by atoms with Gasteiger partial charge in [-0.25, -0.2) is 13.4 Å². The van der Waals surface area contributed by atoms with Gasteiger partial charge >= 0.3 is 0 Å². The molecule has 0 saturated carbocycles. The third-order valence-electron chi connectivity index (χ3n) is 3.44. The van der Waals surface area contributed by atoms with Crippen LogP contribution in [0.15, 0.2) is 4.99 Å². The lowest BCUT2D eigenvalue weighted by molar-refractivity contribution is -0.127. The van der Waals surface area contributed by atoms with Gasteiger partial charge in [-0.3, -0.25) is 4.79 Å². The maximum Gasteiger partial charge on any atom is 0.243 e. The zero-order chi connectivity index (χ0) is 16.0. The molecule has 1 aliphatic heterocycles. The summed E-state index contributed by atoms with van der Waals surface area (Å²) in [4.78, 5) is 17.3. The normalized spacial score (nSPS) is 22.7. The summed E-state index contributed by atoms with van der Waals surface area (Å²) >= 11 is 0. The van der Waals surface area contributed by atoms with Gasteiger partial charge in [0.25, 0.3) is 0 Å². The van der Waals surface area contributed by atoms with E-state index in [-0.39, 0.29) is 36.0 Å². The average molecular weight is 318 g/mol. The number of nitrogens with zero attached hydrogens (tertiary/aromatic N) is 2. The topological polar surface area (TPSA) is 90.9 Å². The number of hydrogen-bond acceptors (Lipinski definition) is 4. The van der Waals surface area contributed by atoms with Gasteiger partial charge in [0.15, 0.2) is 15.8 Å². The van der Waals surface area contributed by atoms with Crippen LogP contribution in [-0.2, 0) is 14.6 Å². The molecular formula is C13H26N4O3S. The first-order valence-corrected chi connectivity index (χ1v) is 9.03. The van der Waals surface area contributed by atoms with E-state index in [9.17, 15) is 13.2 Å². The molecule has 0 aromatic carbocycles. The predicted molar refractivity (Wildman–Crippen MR) is 84.1 cm³/mol. The van der Waals surface area contributed by atoms with Crippen LogP contribution in [0.4, 0.5) is 0 Å². The summed E-state index contributed by atoms with van der Waals surface area (Å²) in [5.74, 6) is 0.731. The van der Waals surface area contributed by atoms with Crippen LogP contribution in [0, 0.1) is 0 Å². The molecule has 21 heavy (non-hydrogen) atoms. The van der Waals surface area contributed by atoms with Crippen molar-refractivity contribution in [1.29, 1.82) is 0 Å². The summed E-state index contributed by atoms with van der Waals surface area (Å²) in [5, 5.41) is 6.31. The van der Waals surface area contributed by atoms with Gasteiger partial charge in [0.05, 0.1) is 11.5 Å². The minimum Gasteiger partial charge on any atom is -0.354 e. The number of guanidine groups is 1. The van der Waals surface area contributed by atoms with E-state index in [1.54, 1.807) is 14.1 Å². The minimum atomic E-state index is -2.94. The second kappa shape index (κ2) is 7.63. The largest absolute Gasteiger partial charge is 0.354 e. The molecule has 0 aromatic heterocycles. The van der Waals surface area contributed by atoms with Crippen LogP contribution in [0.5, 0.6) is 0 Å². The van der Waals surface area contributed by atoms with E-state index >= 15 is 0 Å². The zero-order valence-corrected chi connectivity index (χ0v) is 14.0. The molecule has 0 radical (unpaired) electrons. The zero-order valence-electron chi connectivity index (χ0n) is 13.2. The molecule has 1 rings (SSSR count). The third kappa shape index (κ3) is 6.33. The summed E-state index contributed by atoms with van der Waals surface area (Å²) in [6.07, 6.45) is 1.48. The monoisotopic (exact) mass is 318 g/mol. The standard InChI is InChI=1S/C13H26N4O3S/c1-5-10(2)15-13(14-8-12(18)17(3)4)16-11-6-7-21(19,20)9-11/h10-11H,5-9H2,1-4H3,(H2,14,15,16). The highest BCUT2D eigenvalue weighted by atomic mass is 32.2. The lowest BCUT2D eigenvalue weighted by atomic mass is 10.2. The first-order valence-electron chi connectivity index (χ1n) is 7.21. The van der Waals surface area contributed by atoms with Gasteiger partial charge in [-0.05, 0) is 19.8 Å². The molecule has 0 spiro atoms. The molecule has 8 heteroatoms. The fraction of sp³-hybridized carbons (Fsp3) is 0.846. The molecule has 0 bridgehead atoms. The second-order valence-corrected chi connectivity index (χ2v) is 7.88. The number of aliphatic imine (C=N–C) groups is 1. The summed E-state index contributed by atoms with van der Waals surface area (Å²) in [7, 11) is 0.414. The fourth-order valence-electron chi connectivity index (χ4n) is 1.86. The van der Waals surface area contributed by atoms with Crippen molar-refractivity contribution in [3.05, 3.63) is 0 Å². The van der Waals surface area contributed by atoms with Gasteiger partial charge < -0.3 is 15.5 Å². The van der Waals surface area contributed by atoms with Gasteiger partial charge in [0.2, 0.25) is 5.91 Å². The molecule has 2 N–H and O–H groups in total. The van der Waals surface area contributed by atoms with E-state index in [0.29, 0.717) is 12.4 Å². The lowest BCUT2D eigenvalue weighted by Crippen LogP contribution is -2.47. The summed E-state index contributed by atoms with van der Waals surface area (Å²) < 4.78 is 23.0. The van der Waals surface area contributed by atoms with Gasteiger partial charge in [-0.15, -0.1) is 0 Å². The number of amides is 1. The number of likely N-dealkylation sites (N-methyl/N-ethyl adjacent to an activating group) is 1. The minimum absolute atomic E-state index is 0.0399. The van der Waals surface area contributed by atoms with Crippen molar-refractivity contribution in [3.63, 3.8) is 0 Å². The Hall–Kier alpha value is -1.31. The number of rotatable bonds is 5. The molecule has 1 fully saturated rings. The van der Waals surface area contributed by atoms with Crippen LogP contribution >= 0.6 is 0 Å². The maximum absolute atomic E-state index is 11.6. The predicted octanol–water partition coefficient (Wildman–Crippen LogP) is -0.405. The summed E-state index contributed by atoms with van der Waals surface area (Å²) in [6, 6.07) is 0.0588. The summed E-state index contributed by atoms with van der Waals surface area (Å²) in [5.41, 5.74) is 0. The van der Waals surface area contributed by atoms with Crippen molar-refractivity contribution < 1.29 is 13.2 Å². The van der Waals surface area contributed by atoms with Crippen molar-refractivity contribution in [2.45, 2.75) is 38.8 Å². The van der Waals surface area contributed by atoms with Crippen LogP contribution < -0.4 is 10.6 Å². The SMILES string of the molecule is CCC(C)NC(=NCC(=O)N(C)C)NC1CCS(=O)(=O)C1. The molecule has 122 valence electrons. The Morgan fingerprint density at radius 2 is 2.10 bits per heavy atom. The molecular weight excluding hydrogens is 292 g/mol. The first kappa shape index (κ1) is 17.7. The van der Waals surface area contributed by atoms with Gasteiger partial charge in [-0.1, -0.05) is 6.92 Å². The van der Waals surface area contributed by atoms with Crippen LogP contribution in [-0.4, -0.2) is 69.4 Å². The Morgan fingerprint density at radius 1 is 1.43 bits per heavy atom. The molecule has 0 aromatic rings. The van der Waals surface area contributed by atoms with Crippen molar-refractivity contribution in [2.75, 3.05) is 32.1 Å². The molecule has 0 aliphatic carbocycles. The smallest absolute Gasteiger partial charge is 0.243 e. The van der Waals surface area contributed by atoms with Crippen molar-refractivity contribution in [3.8, 4) is 0 Å². The molecule has 1 saturated heterocycles. The van der Waals surface area contributed by atoms with E-state index < -0.39 is 9.84 Å².